The van der Waals surface area contributed by atoms with Gasteiger partial charge >= 0.3 is 0 Å². The quantitative estimate of drug-likeness (QED) is 0.728. The highest BCUT2D eigenvalue weighted by Gasteiger charge is 2.14. The summed E-state index contributed by atoms with van der Waals surface area (Å²) in [4.78, 5) is 0. The maximum Gasteiger partial charge on any atom is 0.101 e. The maximum absolute atomic E-state index is 9.13. The van der Waals surface area contributed by atoms with Crippen molar-refractivity contribution in [3.05, 3.63) is 48.5 Å². The van der Waals surface area contributed by atoms with Crippen LogP contribution in [0.15, 0.2) is 28.7 Å². The van der Waals surface area contributed by atoms with E-state index in [2.05, 4.69) is 27.3 Å². The van der Waals surface area contributed by atoms with E-state index in [4.69, 9.17) is 28.5 Å². The third-order valence-corrected chi connectivity index (χ3v) is 4.63. The zero-order valence-corrected chi connectivity index (χ0v) is 13.8. The smallest absolute Gasteiger partial charge is 0.101 e. The Morgan fingerprint density at radius 2 is 2.11 bits per heavy atom. The molecular formula is C13H9BrCl2N2S. The lowest BCUT2D eigenvalue weighted by molar-refractivity contribution is 0.890. The number of rotatable bonds is 3. The molecule has 0 fully saturated rings. The van der Waals surface area contributed by atoms with E-state index in [1.165, 1.54) is 11.3 Å². The van der Waals surface area contributed by atoms with Gasteiger partial charge in [0.25, 0.3) is 0 Å². The molecule has 2 rings (SSSR count). The van der Waals surface area contributed by atoms with Crippen LogP contribution in [0.25, 0.3) is 0 Å². The fourth-order valence-electron chi connectivity index (χ4n) is 1.69. The Hall–Kier alpha value is -0.730. The first-order valence-electron chi connectivity index (χ1n) is 5.42. The molecule has 0 spiro atoms. The Morgan fingerprint density at radius 3 is 2.68 bits per heavy atom. The molecule has 0 amide bonds. The van der Waals surface area contributed by atoms with E-state index in [0.717, 1.165) is 15.7 Å². The number of nitrogens with one attached hydrogen (secondary N) is 1. The molecule has 0 aliphatic carbocycles. The Balaban J connectivity index is 2.27. The standard InChI is InChI=1S/C13H9BrCl2N2S/c1-7(10-5-12(15)19-13(10)16)18-11-3-2-9(14)4-8(11)6-17/h2-5,7,18H,1H3. The Bertz CT molecular complexity index is 649. The van der Waals surface area contributed by atoms with E-state index >= 15 is 0 Å². The average Bonchev–Trinajstić information content (AvgIpc) is 2.70. The van der Waals surface area contributed by atoms with Crippen LogP contribution in [0.4, 0.5) is 5.69 Å². The molecule has 2 nitrogen and oxygen atoms in total. The molecule has 0 saturated carbocycles. The van der Waals surface area contributed by atoms with Gasteiger partial charge in [0.05, 0.1) is 26.0 Å². The molecule has 0 aliphatic heterocycles. The zero-order chi connectivity index (χ0) is 14.0. The molecule has 6 heteroatoms. The van der Waals surface area contributed by atoms with E-state index < -0.39 is 0 Å². The number of thiophene rings is 1. The van der Waals surface area contributed by atoms with Gasteiger partial charge in [-0.15, -0.1) is 11.3 Å². The van der Waals surface area contributed by atoms with Gasteiger partial charge in [-0.1, -0.05) is 39.1 Å². The molecule has 1 unspecified atom stereocenters. The first-order valence-corrected chi connectivity index (χ1v) is 7.78. The van der Waals surface area contributed by atoms with Gasteiger partial charge in [0.1, 0.15) is 6.07 Å². The van der Waals surface area contributed by atoms with Crippen LogP contribution in [-0.2, 0) is 0 Å². The lowest BCUT2D eigenvalue weighted by Crippen LogP contribution is -2.07. The average molecular weight is 376 g/mol. The van der Waals surface area contributed by atoms with Crippen molar-refractivity contribution in [1.29, 1.82) is 5.26 Å². The van der Waals surface area contributed by atoms with E-state index in [-0.39, 0.29) is 6.04 Å². The second kappa shape index (κ2) is 6.15. The first-order chi connectivity index (χ1) is 9.01. The van der Waals surface area contributed by atoms with Gasteiger partial charge in [-0.05, 0) is 31.2 Å². The normalized spacial score (nSPS) is 11.9. The minimum absolute atomic E-state index is 0.0236. The lowest BCUT2D eigenvalue weighted by Gasteiger charge is -2.16. The fraction of sp³-hybridized carbons (Fsp3) is 0.154. The highest BCUT2D eigenvalue weighted by Crippen LogP contribution is 2.36. The Labute approximate surface area is 134 Å². The van der Waals surface area contributed by atoms with Gasteiger partial charge in [-0.3, -0.25) is 0 Å². The molecule has 1 aromatic heterocycles. The van der Waals surface area contributed by atoms with Gasteiger partial charge in [-0.25, -0.2) is 0 Å². The van der Waals surface area contributed by atoms with Crippen LogP contribution in [-0.4, -0.2) is 0 Å². The highest BCUT2D eigenvalue weighted by atomic mass is 79.9. The topological polar surface area (TPSA) is 35.8 Å². The summed E-state index contributed by atoms with van der Waals surface area (Å²) in [6.45, 7) is 1.98. The third kappa shape index (κ3) is 3.43. The molecule has 1 atom stereocenters. The van der Waals surface area contributed by atoms with E-state index in [0.29, 0.717) is 14.2 Å². The number of hydrogen-bond acceptors (Lipinski definition) is 3. The minimum Gasteiger partial charge on any atom is -0.377 e. The number of nitrogens with zero attached hydrogens (tertiary/aromatic N) is 1. The van der Waals surface area contributed by atoms with Crippen LogP contribution < -0.4 is 5.32 Å². The molecule has 2 aromatic rings. The highest BCUT2D eigenvalue weighted by molar-refractivity contribution is 9.10. The molecule has 1 aromatic carbocycles. The van der Waals surface area contributed by atoms with Crippen molar-refractivity contribution in [1.82, 2.24) is 0 Å². The molecule has 1 N–H and O–H groups in total. The van der Waals surface area contributed by atoms with Crippen molar-refractivity contribution >= 4 is 56.2 Å². The first kappa shape index (κ1) is 14.7. The molecular weight excluding hydrogens is 367 g/mol. The predicted molar refractivity (Wildman–Crippen MR) is 85.2 cm³/mol. The maximum atomic E-state index is 9.13. The number of nitriles is 1. The van der Waals surface area contributed by atoms with Crippen molar-refractivity contribution < 1.29 is 0 Å². The van der Waals surface area contributed by atoms with Gasteiger partial charge in [0, 0.05) is 10.0 Å². The summed E-state index contributed by atoms with van der Waals surface area (Å²) in [5.41, 5.74) is 2.29. The minimum atomic E-state index is -0.0236. The lowest BCUT2D eigenvalue weighted by atomic mass is 10.1. The van der Waals surface area contributed by atoms with E-state index in [1.807, 2.05) is 25.1 Å². The summed E-state index contributed by atoms with van der Waals surface area (Å²) in [6, 6.07) is 9.51. The van der Waals surface area contributed by atoms with Gasteiger partial charge < -0.3 is 5.32 Å². The fourth-order valence-corrected chi connectivity index (χ4v) is 3.70. The van der Waals surface area contributed by atoms with Crippen LogP contribution >= 0.6 is 50.5 Å². The Kier molecular flexibility index (Phi) is 4.75. The second-order valence-electron chi connectivity index (χ2n) is 3.95. The van der Waals surface area contributed by atoms with Gasteiger partial charge in [0.2, 0.25) is 0 Å². The van der Waals surface area contributed by atoms with Crippen molar-refractivity contribution in [2.75, 3.05) is 5.32 Å². The number of hydrogen-bond donors (Lipinski definition) is 1. The van der Waals surface area contributed by atoms with E-state index in [9.17, 15) is 0 Å². The van der Waals surface area contributed by atoms with Crippen LogP contribution in [0.2, 0.25) is 8.67 Å². The summed E-state index contributed by atoms with van der Waals surface area (Å²) in [6.07, 6.45) is 0. The SMILES string of the molecule is CC(Nc1ccc(Br)cc1C#N)c1cc(Cl)sc1Cl. The number of halogens is 3. The predicted octanol–water partition coefficient (Wildman–Crippen LogP) is 5.86. The summed E-state index contributed by atoms with van der Waals surface area (Å²) in [5, 5.41) is 12.4. The zero-order valence-electron chi connectivity index (χ0n) is 9.88. The molecule has 0 radical (unpaired) electrons. The van der Waals surface area contributed by atoms with Gasteiger partial charge in [-0.2, -0.15) is 5.26 Å². The van der Waals surface area contributed by atoms with Crippen LogP contribution in [0, 0.1) is 11.3 Å². The summed E-state index contributed by atoms with van der Waals surface area (Å²) >= 11 is 16.8. The summed E-state index contributed by atoms with van der Waals surface area (Å²) in [7, 11) is 0. The van der Waals surface area contributed by atoms with Gasteiger partial charge in [0.15, 0.2) is 0 Å². The van der Waals surface area contributed by atoms with Crippen molar-refractivity contribution in [2.24, 2.45) is 0 Å². The van der Waals surface area contributed by atoms with Crippen LogP contribution in [0.5, 0.6) is 0 Å². The van der Waals surface area contributed by atoms with Crippen LogP contribution in [0.1, 0.15) is 24.1 Å². The molecule has 0 bridgehead atoms. The summed E-state index contributed by atoms with van der Waals surface area (Å²) < 4.78 is 2.20. The second-order valence-corrected chi connectivity index (χ2v) is 7.15. The molecule has 0 saturated heterocycles. The monoisotopic (exact) mass is 374 g/mol. The van der Waals surface area contributed by atoms with Crippen molar-refractivity contribution in [3.63, 3.8) is 0 Å². The third-order valence-electron chi connectivity index (χ3n) is 2.62. The van der Waals surface area contributed by atoms with Crippen LogP contribution in [0.3, 0.4) is 0 Å². The Morgan fingerprint density at radius 1 is 1.37 bits per heavy atom. The van der Waals surface area contributed by atoms with Crippen molar-refractivity contribution in [2.45, 2.75) is 13.0 Å². The number of anilines is 1. The molecule has 98 valence electrons. The molecule has 19 heavy (non-hydrogen) atoms. The number of benzene rings is 1. The summed E-state index contributed by atoms with van der Waals surface area (Å²) in [5.74, 6) is 0. The molecule has 1 heterocycles. The van der Waals surface area contributed by atoms with Crippen molar-refractivity contribution in [3.8, 4) is 6.07 Å². The van der Waals surface area contributed by atoms with E-state index in [1.54, 1.807) is 6.07 Å². The molecule has 0 aliphatic rings. The largest absolute Gasteiger partial charge is 0.377 e.